The lowest BCUT2D eigenvalue weighted by molar-refractivity contribution is -0.385. The zero-order valence-corrected chi connectivity index (χ0v) is 10.7. The summed E-state index contributed by atoms with van der Waals surface area (Å²) >= 11 is 0. The molecule has 2 aromatic rings. The van der Waals surface area contributed by atoms with Gasteiger partial charge in [-0.3, -0.25) is 20.0 Å². The molecule has 2 heterocycles. The maximum absolute atomic E-state index is 11.9. The quantitative estimate of drug-likeness (QED) is 0.639. The second kappa shape index (κ2) is 5.12. The molecule has 0 saturated carbocycles. The van der Waals surface area contributed by atoms with Gasteiger partial charge in [0.05, 0.1) is 4.92 Å². The van der Waals surface area contributed by atoms with Gasteiger partial charge in [0, 0.05) is 6.54 Å². The number of nitrogens with zero attached hydrogens (tertiary/aromatic N) is 2. The Morgan fingerprint density at radius 3 is 3.05 bits per heavy atom. The van der Waals surface area contributed by atoms with Gasteiger partial charge < -0.3 is 14.8 Å². The lowest BCUT2D eigenvalue weighted by atomic mass is 10.2. The second-order valence-electron chi connectivity index (χ2n) is 4.26. The Kier molecular flexibility index (Phi) is 3.14. The van der Waals surface area contributed by atoms with Gasteiger partial charge in [-0.05, 0) is 17.7 Å². The molecule has 0 fully saturated rings. The normalized spacial score (nSPS) is 12.2. The highest BCUT2D eigenvalue weighted by atomic mass is 16.7. The van der Waals surface area contributed by atoms with Gasteiger partial charge in [-0.2, -0.15) is 5.10 Å². The topological polar surface area (TPSA) is 119 Å². The molecule has 0 aliphatic carbocycles. The molecule has 1 aromatic heterocycles. The molecule has 0 atom stereocenters. The van der Waals surface area contributed by atoms with Crippen molar-refractivity contribution in [3.63, 3.8) is 0 Å². The molecule has 9 heteroatoms. The molecule has 0 radical (unpaired) electrons. The lowest BCUT2D eigenvalue weighted by Gasteiger charge is -2.05. The van der Waals surface area contributed by atoms with E-state index in [0.717, 1.165) is 11.8 Å². The standard InChI is InChI=1S/C12H10N4O5/c17-12(11-8(16(18)19)5-14-15-11)13-4-7-1-2-9-10(3-7)21-6-20-9/h1-3,5H,4,6H2,(H,13,17)(H,14,15). The molecule has 0 unspecified atom stereocenters. The monoisotopic (exact) mass is 290 g/mol. The molecular formula is C12H10N4O5. The van der Waals surface area contributed by atoms with Gasteiger partial charge in [0.15, 0.2) is 11.5 Å². The molecule has 0 spiro atoms. The Labute approximate surface area is 118 Å². The summed E-state index contributed by atoms with van der Waals surface area (Å²) in [7, 11) is 0. The van der Waals surface area contributed by atoms with E-state index in [2.05, 4.69) is 15.5 Å². The zero-order valence-electron chi connectivity index (χ0n) is 10.7. The van der Waals surface area contributed by atoms with Crippen molar-refractivity contribution in [3.05, 3.63) is 45.8 Å². The van der Waals surface area contributed by atoms with Crippen LogP contribution in [0.5, 0.6) is 11.5 Å². The first-order valence-electron chi connectivity index (χ1n) is 5.99. The largest absolute Gasteiger partial charge is 0.454 e. The minimum atomic E-state index is -0.668. The fraction of sp³-hybridized carbons (Fsp3) is 0.167. The molecule has 108 valence electrons. The van der Waals surface area contributed by atoms with E-state index >= 15 is 0 Å². The first-order chi connectivity index (χ1) is 10.1. The average molecular weight is 290 g/mol. The zero-order chi connectivity index (χ0) is 14.8. The summed E-state index contributed by atoms with van der Waals surface area (Å²) in [4.78, 5) is 22.0. The van der Waals surface area contributed by atoms with Gasteiger partial charge >= 0.3 is 5.69 Å². The fourth-order valence-corrected chi connectivity index (χ4v) is 1.91. The summed E-state index contributed by atoms with van der Waals surface area (Å²) < 4.78 is 10.4. The van der Waals surface area contributed by atoms with E-state index in [1.165, 1.54) is 0 Å². The number of aromatic nitrogens is 2. The summed E-state index contributed by atoms with van der Waals surface area (Å²) in [5.74, 6) is 0.653. The molecule has 1 aromatic carbocycles. The smallest absolute Gasteiger partial charge is 0.319 e. The Balaban J connectivity index is 1.68. The third kappa shape index (κ3) is 2.48. The maximum Gasteiger partial charge on any atom is 0.319 e. The Hall–Kier alpha value is -3.10. The van der Waals surface area contributed by atoms with E-state index in [4.69, 9.17) is 9.47 Å². The van der Waals surface area contributed by atoms with E-state index in [9.17, 15) is 14.9 Å². The highest BCUT2D eigenvalue weighted by Crippen LogP contribution is 2.32. The van der Waals surface area contributed by atoms with Crippen LogP contribution in [0.4, 0.5) is 5.69 Å². The number of carbonyl (C=O) groups excluding carboxylic acids is 1. The van der Waals surface area contributed by atoms with Crippen LogP contribution in [0.2, 0.25) is 0 Å². The minimum Gasteiger partial charge on any atom is -0.454 e. The number of rotatable bonds is 4. The number of benzene rings is 1. The van der Waals surface area contributed by atoms with Crippen molar-refractivity contribution in [2.24, 2.45) is 0 Å². The molecule has 3 rings (SSSR count). The van der Waals surface area contributed by atoms with Crippen molar-refractivity contribution >= 4 is 11.6 Å². The number of nitrogens with one attached hydrogen (secondary N) is 2. The molecule has 1 aliphatic heterocycles. The van der Waals surface area contributed by atoms with Crippen LogP contribution in [0.3, 0.4) is 0 Å². The summed E-state index contributed by atoms with van der Waals surface area (Å²) in [6.45, 7) is 0.372. The second-order valence-corrected chi connectivity index (χ2v) is 4.26. The van der Waals surface area contributed by atoms with E-state index < -0.39 is 10.8 Å². The number of hydrogen-bond acceptors (Lipinski definition) is 6. The van der Waals surface area contributed by atoms with Crippen molar-refractivity contribution in [3.8, 4) is 11.5 Å². The predicted octanol–water partition coefficient (Wildman–Crippen LogP) is 0.977. The third-order valence-electron chi connectivity index (χ3n) is 2.93. The molecule has 1 amide bonds. The van der Waals surface area contributed by atoms with E-state index in [-0.39, 0.29) is 24.7 Å². The number of amides is 1. The van der Waals surface area contributed by atoms with Crippen LogP contribution in [0.15, 0.2) is 24.4 Å². The Morgan fingerprint density at radius 1 is 1.43 bits per heavy atom. The van der Waals surface area contributed by atoms with Crippen molar-refractivity contribution in [2.45, 2.75) is 6.54 Å². The summed E-state index contributed by atoms with van der Waals surface area (Å²) in [6, 6.07) is 5.25. The third-order valence-corrected chi connectivity index (χ3v) is 2.93. The highest BCUT2D eigenvalue weighted by Gasteiger charge is 2.22. The molecule has 21 heavy (non-hydrogen) atoms. The maximum atomic E-state index is 11.9. The van der Waals surface area contributed by atoms with E-state index in [0.29, 0.717) is 11.5 Å². The van der Waals surface area contributed by atoms with Crippen LogP contribution in [0, 0.1) is 10.1 Å². The van der Waals surface area contributed by atoms with Gasteiger partial charge in [-0.1, -0.05) is 6.07 Å². The number of carbonyl (C=O) groups is 1. The highest BCUT2D eigenvalue weighted by molar-refractivity contribution is 5.95. The molecular weight excluding hydrogens is 280 g/mol. The first kappa shape index (κ1) is 12.9. The van der Waals surface area contributed by atoms with E-state index in [1.807, 2.05) is 0 Å². The predicted molar refractivity (Wildman–Crippen MR) is 69.0 cm³/mol. The van der Waals surface area contributed by atoms with Gasteiger partial charge in [-0.25, -0.2) is 0 Å². The van der Waals surface area contributed by atoms with Crippen LogP contribution in [0.25, 0.3) is 0 Å². The van der Waals surface area contributed by atoms with Gasteiger partial charge in [0.1, 0.15) is 6.20 Å². The minimum absolute atomic E-state index is 0.172. The van der Waals surface area contributed by atoms with Crippen LogP contribution in [-0.4, -0.2) is 27.8 Å². The molecule has 1 aliphatic rings. The summed E-state index contributed by atoms with van der Waals surface area (Å²) in [6.07, 6.45) is 0.996. The van der Waals surface area contributed by atoms with Crippen LogP contribution >= 0.6 is 0 Å². The van der Waals surface area contributed by atoms with Gasteiger partial charge in [0.25, 0.3) is 5.91 Å². The fourth-order valence-electron chi connectivity index (χ4n) is 1.91. The Bertz CT molecular complexity index is 711. The molecule has 0 bridgehead atoms. The Morgan fingerprint density at radius 2 is 2.24 bits per heavy atom. The number of fused-ring (bicyclic) bond motifs is 1. The number of aromatic amines is 1. The van der Waals surface area contributed by atoms with Crippen LogP contribution in [0.1, 0.15) is 16.1 Å². The SMILES string of the molecule is O=C(NCc1ccc2c(c1)OCO2)c1[nH]ncc1[N+](=O)[O-]. The van der Waals surface area contributed by atoms with Gasteiger partial charge in [-0.15, -0.1) is 0 Å². The van der Waals surface area contributed by atoms with Gasteiger partial charge in [0.2, 0.25) is 12.5 Å². The average Bonchev–Trinajstić information content (AvgIpc) is 3.12. The number of ether oxygens (including phenoxy) is 2. The number of nitro groups is 1. The van der Waals surface area contributed by atoms with Crippen molar-refractivity contribution < 1.29 is 19.2 Å². The first-order valence-corrected chi connectivity index (χ1v) is 5.99. The van der Waals surface area contributed by atoms with Crippen LogP contribution in [-0.2, 0) is 6.54 Å². The number of H-pyrrole nitrogens is 1. The molecule has 9 nitrogen and oxygen atoms in total. The molecule has 2 N–H and O–H groups in total. The summed E-state index contributed by atoms with van der Waals surface area (Å²) in [5, 5.41) is 19.1. The van der Waals surface area contributed by atoms with Crippen LogP contribution < -0.4 is 14.8 Å². The lowest BCUT2D eigenvalue weighted by Crippen LogP contribution is -2.24. The summed E-state index contributed by atoms with van der Waals surface area (Å²) in [5.41, 5.74) is 0.244. The molecule has 0 saturated heterocycles. The number of hydrogen-bond donors (Lipinski definition) is 2. The van der Waals surface area contributed by atoms with Crippen molar-refractivity contribution in [2.75, 3.05) is 6.79 Å². The van der Waals surface area contributed by atoms with Crippen molar-refractivity contribution in [1.29, 1.82) is 0 Å². The van der Waals surface area contributed by atoms with E-state index in [1.54, 1.807) is 18.2 Å². The van der Waals surface area contributed by atoms with Crippen molar-refractivity contribution in [1.82, 2.24) is 15.5 Å².